The lowest BCUT2D eigenvalue weighted by atomic mass is 9.99. The number of piperidine rings is 1. The van der Waals surface area contributed by atoms with Crippen LogP contribution in [-0.2, 0) is 16.4 Å². The molecule has 1 amide bonds. The molecular formula is C23H31N3O6S. The largest absolute Gasteiger partial charge is 0.497 e. The number of aliphatic hydroxyl groups is 1. The highest BCUT2D eigenvalue weighted by atomic mass is 32.2. The number of nitrogens with one attached hydrogen (secondary N) is 2. The lowest BCUT2D eigenvalue weighted by Crippen LogP contribution is -2.52. The number of rotatable bonds is 10. The number of likely N-dealkylation sites (tertiary alicyclic amines) is 1. The SMILES string of the molecule is COc1ccc(S(=O)(=O)NC2CCN(C[C@H](O)[C@H](Cc3ccccc3)NC(=O)O)CC2)cc1. The lowest BCUT2D eigenvalue weighted by Gasteiger charge is -2.35. The van der Waals surface area contributed by atoms with Crippen LogP contribution in [0.4, 0.5) is 4.79 Å². The fourth-order valence-electron chi connectivity index (χ4n) is 3.98. The zero-order chi connectivity index (χ0) is 23.8. The molecule has 2 aromatic carbocycles. The summed E-state index contributed by atoms with van der Waals surface area (Å²) in [4.78, 5) is 13.4. The summed E-state index contributed by atoms with van der Waals surface area (Å²) in [6.45, 7) is 1.49. The second-order valence-electron chi connectivity index (χ2n) is 8.18. The second kappa shape index (κ2) is 11.5. The Morgan fingerprint density at radius 3 is 2.33 bits per heavy atom. The van der Waals surface area contributed by atoms with Crippen molar-refractivity contribution in [2.75, 3.05) is 26.7 Å². The average Bonchev–Trinajstić information content (AvgIpc) is 2.80. The first-order valence-corrected chi connectivity index (χ1v) is 12.4. The lowest BCUT2D eigenvalue weighted by molar-refractivity contribution is 0.0669. The van der Waals surface area contributed by atoms with E-state index in [0.717, 1.165) is 5.56 Å². The summed E-state index contributed by atoms with van der Waals surface area (Å²) >= 11 is 0. The molecule has 0 unspecified atom stereocenters. The Kier molecular flexibility index (Phi) is 8.67. The van der Waals surface area contributed by atoms with Gasteiger partial charge in [0.15, 0.2) is 0 Å². The molecule has 0 aromatic heterocycles. The zero-order valence-electron chi connectivity index (χ0n) is 18.6. The zero-order valence-corrected chi connectivity index (χ0v) is 19.4. The monoisotopic (exact) mass is 477 g/mol. The van der Waals surface area contributed by atoms with E-state index >= 15 is 0 Å². The van der Waals surface area contributed by atoms with Crippen molar-refractivity contribution in [1.29, 1.82) is 0 Å². The van der Waals surface area contributed by atoms with Gasteiger partial charge in [-0.15, -0.1) is 0 Å². The van der Waals surface area contributed by atoms with Crippen molar-refractivity contribution >= 4 is 16.1 Å². The van der Waals surface area contributed by atoms with Crippen LogP contribution in [0.5, 0.6) is 5.75 Å². The number of hydrogen-bond donors (Lipinski definition) is 4. The fraction of sp³-hybridized carbons (Fsp3) is 0.435. The highest BCUT2D eigenvalue weighted by molar-refractivity contribution is 7.89. The van der Waals surface area contributed by atoms with E-state index in [4.69, 9.17) is 4.74 Å². The van der Waals surface area contributed by atoms with Gasteiger partial charge in [0.25, 0.3) is 0 Å². The molecule has 4 N–H and O–H groups in total. The molecule has 0 radical (unpaired) electrons. The molecule has 180 valence electrons. The number of aliphatic hydroxyl groups excluding tert-OH is 1. The Balaban J connectivity index is 1.52. The summed E-state index contributed by atoms with van der Waals surface area (Å²) in [6.07, 6.45) is -0.502. The summed E-state index contributed by atoms with van der Waals surface area (Å²) in [5.41, 5.74) is 0.932. The van der Waals surface area contributed by atoms with E-state index in [0.29, 0.717) is 44.6 Å². The van der Waals surface area contributed by atoms with E-state index in [9.17, 15) is 23.4 Å². The van der Waals surface area contributed by atoms with Crippen LogP contribution in [0, 0.1) is 0 Å². The van der Waals surface area contributed by atoms with Crippen LogP contribution in [0.2, 0.25) is 0 Å². The van der Waals surface area contributed by atoms with Gasteiger partial charge in [-0.2, -0.15) is 0 Å². The maximum atomic E-state index is 12.7. The highest BCUT2D eigenvalue weighted by Crippen LogP contribution is 2.19. The molecule has 0 aliphatic carbocycles. The minimum absolute atomic E-state index is 0.185. The minimum atomic E-state index is -3.64. The number of β-amino-alcohol motifs (C(OH)–C–C–N with tert-alkyl or cyclic N) is 1. The van der Waals surface area contributed by atoms with Crippen molar-refractivity contribution in [3.05, 3.63) is 60.2 Å². The number of nitrogens with zero attached hydrogens (tertiary/aromatic N) is 1. The molecule has 2 aromatic rings. The van der Waals surface area contributed by atoms with Gasteiger partial charge in [0.05, 0.1) is 24.2 Å². The van der Waals surface area contributed by atoms with Crippen molar-refractivity contribution in [3.63, 3.8) is 0 Å². The number of benzene rings is 2. The number of sulfonamides is 1. The van der Waals surface area contributed by atoms with Crippen molar-refractivity contribution in [3.8, 4) is 5.75 Å². The van der Waals surface area contributed by atoms with Crippen molar-refractivity contribution < 1.29 is 28.2 Å². The third-order valence-corrected chi connectivity index (χ3v) is 7.33. The topological polar surface area (TPSA) is 128 Å². The van der Waals surface area contributed by atoms with Crippen molar-refractivity contribution in [2.24, 2.45) is 0 Å². The van der Waals surface area contributed by atoms with Gasteiger partial charge >= 0.3 is 6.09 Å². The van der Waals surface area contributed by atoms with Gasteiger partial charge in [0.2, 0.25) is 10.0 Å². The van der Waals surface area contributed by atoms with E-state index in [1.165, 1.54) is 19.2 Å². The predicted molar refractivity (Wildman–Crippen MR) is 124 cm³/mol. The maximum absolute atomic E-state index is 12.7. The van der Waals surface area contributed by atoms with Crippen LogP contribution >= 0.6 is 0 Å². The molecule has 1 fully saturated rings. The van der Waals surface area contributed by atoms with E-state index in [-0.39, 0.29) is 10.9 Å². The van der Waals surface area contributed by atoms with Crippen LogP contribution in [0.15, 0.2) is 59.5 Å². The fourth-order valence-corrected chi connectivity index (χ4v) is 5.28. The summed E-state index contributed by atoms with van der Waals surface area (Å²) < 4.78 is 33.1. The van der Waals surface area contributed by atoms with Crippen LogP contribution in [-0.4, -0.2) is 74.6 Å². The molecule has 33 heavy (non-hydrogen) atoms. The number of methoxy groups -OCH3 is 1. The van der Waals surface area contributed by atoms with Crippen molar-refractivity contribution in [2.45, 2.75) is 42.3 Å². The molecular weight excluding hydrogens is 446 g/mol. The quantitative estimate of drug-likeness (QED) is 0.410. The summed E-state index contributed by atoms with van der Waals surface area (Å²) in [7, 11) is -2.11. The molecule has 1 saturated heterocycles. The van der Waals surface area contributed by atoms with Gasteiger partial charge in [-0.3, -0.25) is 0 Å². The van der Waals surface area contributed by atoms with Crippen LogP contribution in [0.25, 0.3) is 0 Å². The first-order chi connectivity index (χ1) is 15.8. The third-order valence-electron chi connectivity index (χ3n) is 5.80. The van der Waals surface area contributed by atoms with Gasteiger partial charge in [-0.1, -0.05) is 30.3 Å². The Morgan fingerprint density at radius 2 is 1.76 bits per heavy atom. The number of carboxylic acid groups (broad SMARTS) is 1. The van der Waals surface area contributed by atoms with E-state index < -0.39 is 28.3 Å². The maximum Gasteiger partial charge on any atom is 0.404 e. The standard InChI is InChI=1S/C23H31N3O6S/c1-32-19-7-9-20(10-8-19)33(30,31)25-18-11-13-26(14-12-18)16-22(27)21(24-23(28)29)15-17-5-3-2-4-6-17/h2-10,18,21-22,24-25,27H,11-16H2,1H3,(H,28,29)/t21-,22-/m0/s1. The average molecular weight is 478 g/mol. The molecule has 1 aliphatic rings. The number of hydrogen-bond acceptors (Lipinski definition) is 6. The molecule has 0 saturated carbocycles. The van der Waals surface area contributed by atoms with E-state index in [1.54, 1.807) is 12.1 Å². The summed E-state index contributed by atoms with van der Waals surface area (Å²) in [5.74, 6) is 0.587. The van der Waals surface area contributed by atoms with E-state index in [1.807, 2.05) is 35.2 Å². The van der Waals surface area contributed by atoms with Gasteiger partial charge in [-0.05, 0) is 62.2 Å². The molecule has 0 bridgehead atoms. The Bertz CT molecular complexity index is 993. The Morgan fingerprint density at radius 1 is 1.12 bits per heavy atom. The summed E-state index contributed by atoms with van der Waals surface area (Å²) in [5, 5.41) is 22.3. The van der Waals surface area contributed by atoms with Crippen LogP contribution in [0.1, 0.15) is 18.4 Å². The smallest absolute Gasteiger partial charge is 0.404 e. The molecule has 9 nitrogen and oxygen atoms in total. The molecule has 1 heterocycles. The molecule has 0 spiro atoms. The van der Waals surface area contributed by atoms with Gasteiger partial charge < -0.3 is 25.2 Å². The van der Waals surface area contributed by atoms with Crippen LogP contribution in [0.3, 0.4) is 0 Å². The highest BCUT2D eigenvalue weighted by Gasteiger charge is 2.28. The second-order valence-corrected chi connectivity index (χ2v) is 9.90. The molecule has 10 heteroatoms. The Labute approximate surface area is 194 Å². The van der Waals surface area contributed by atoms with Crippen LogP contribution < -0.4 is 14.8 Å². The van der Waals surface area contributed by atoms with Gasteiger partial charge in [-0.25, -0.2) is 17.9 Å². The molecule has 1 aliphatic heterocycles. The van der Waals surface area contributed by atoms with Gasteiger partial charge in [0, 0.05) is 12.6 Å². The first kappa shape index (κ1) is 25.0. The third kappa shape index (κ3) is 7.43. The van der Waals surface area contributed by atoms with Gasteiger partial charge in [0.1, 0.15) is 5.75 Å². The Hall–Kier alpha value is -2.66. The molecule has 3 rings (SSSR count). The first-order valence-electron chi connectivity index (χ1n) is 10.9. The minimum Gasteiger partial charge on any atom is -0.497 e. The van der Waals surface area contributed by atoms with Crippen molar-refractivity contribution in [1.82, 2.24) is 14.9 Å². The predicted octanol–water partition coefficient (Wildman–Crippen LogP) is 1.68. The molecule has 2 atom stereocenters. The summed E-state index contributed by atoms with van der Waals surface area (Å²) in [6, 6.07) is 14.8. The number of amides is 1. The number of carbonyl (C=O) groups is 1. The number of ether oxygens (including phenoxy) is 1. The normalized spacial score (nSPS) is 17.3. The van der Waals surface area contributed by atoms with E-state index in [2.05, 4.69) is 10.0 Å².